The fourth-order valence-corrected chi connectivity index (χ4v) is 3.48. The maximum Gasteiger partial charge on any atom is 0.320 e. The Labute approximate surface area is 120 Å². The van der Waals surface area contributed by atoms with E-state index >= 15 is 0 Å². The highest BCUT2D eigenvalue weighted by molar-refractivity contribution is 5.77. The quantitative estimate of drug-likeness (QED) is 0.864. The lowest BCUT2D eigenvalue weighted by molar-refractivity contribution is -0.152. The van der Waals surface area contributed by atoms with Crippen LogP contribution >= 0.6 is 0 Å². The summed E-state index contributed by atoms with van der Waals surface area (Å²) in [6.45, 7) is 7.03. The van der Waals surface area contributed by atoms with Gasteiger partial charge in [-0.3, -0.25) is 4.79 Å². The average molecular weight is 282 g/mol. The summed E-state index contributed by atoms with van der Waals surface area (Å²) in [4.78, 5) is 27.7. The average Bonchev–Trinajstić information content (AvgIpc) is 2.85. The summed E-state index contributed by atoms with van der Waals surface area (Å²) in [7, 11) is 0. The van der Waals surface area contributed by atoms with Gasteiger partial charge in [0, 0.05) is 26.2 Å². The van der Waals surface area contributed by atoms with Gasteiger partial charge in [-0.2, -0.15) is 0 Å². The second-order valence-corrected chi connectivity index (χ2v) is 6.44. The SMILES string of the molecule is CCCC1(C(=O)O)CCN(C(=O)N2CCC(C)C2)CC1. The molecule has 2 fully saturated rings. The zero-order valence-electron chi connectivity index (χ0n) is 12.6. The number of aliphatic carboxylic acids is 1. The van der Waals surface area contributed by atoms with E-state index in [1.807, 2.05) is 16.7 Å². The summed E-state index contributed by atoms with van der Waals surface area (Å²) < 4.78 is 0. The molecule has 0 spiro atoms. The Kier molecular flexibility index (Phi) is 4.55. The Bertz CT molecular complexity index is 375. The second-order valence-electron chi connectivity index (χ2n) is 6.44. The molecule has 2 aliphatic heterocycles. The minimum atomic E-state index is -0.693. The molecule has 1 N–H and O–H groups in total. The lowest BCUT2D eigenvalue weighted by Gasteiger charge is -2.40. The predicted molar refractivity (Wildman–Crippen MR) is 76.5 cm³/mol. The number of piperidine rings is 1. The molecule has 0 bridgehead atoms. The number of urea groups is 1. The minimum Gasteiger partial charge on any atom is -0.481 e. The van der Waals surface area contributed by atoms with Crippen LogP contribution in [0.25, 0.3) is 0 Å². The van der Waals surface area contributed by atoms with Gasteiger partial charge in [-0.25, -0.2) is 4.79 Å². The molecule has 2 aliphatic rings. The number of carbonyl (C=O) groups is 2. The van der Waals surface area contributed by atoms with Crippen LogP contribution in [-0.2, 0) is 4.79 Å². The second kappa shape index (κ2) is 6.02. The Morgan fingerprint density at radius 3 is 2.30 bits per heavy atom. The number of rotatable bonds is 3. The van der Waals surface area contributed by atoms with Crippen LogP contribution in [-0.4, -0.2) is 53.1 Å². The first-order valence-corrected chi connectivity index (χ1v) is 7.76. The predicted octanol–water partition coefficient (Wildman–Crippen LogP) is 2.42. The van der Waals surface area contributed by atoms with E-state index in [1.54, 1.807) is 0 Å². The van der Waals surface area contributed by atoms with Crippen LogP contribution in [0.4, 0.5) is 4.79 Å². The third kappa shape index (κ3) is 2.91. The van der Waals surface area contributed by atoms with Gasteiger partial charge >= 0.3 is 12.0 Å². The van der Waals surface area contributed by atoms with Crippen molar-refractivity contribution in [3.63, 3.8) is 0 Å². The maximum atomic E-state index is 12.4. The maximum absolute atomic E-state index is 12.4. The van der Waals surface area contributed by atoms with Gasteiger partial charge in [0.25, 0.3) is 0 Å². The first-order chi connectivity index (χ1) is 9.48. The number of carbonyl (C=O) groups excluding carboxylic acids is 1. The molecule has 0 saturated carbocycles. The van der Waals surface area contributed by atoms with Crippen LogP contribution in [0.5, 0.6) is 0 Å². The number of amides is 2. The molecule has 114 valence electrons. The van der Waals surface area contributed by atoms with Gasteiger partial charge in [-0.1, -0.05) is 20.3 Å². The van der Waals surface area contributed by atoms with Crippen LogP contribution in [0.1, 0.15) is 46.0 Å². The van der Waals surface area contributed by atoms with Crippen molar-refractivity contribution in [3.8, 4) is 0 Å². The van der Waals surface area contributed by atoms with Crippen LogP contribution < -0.4 is 0 Å². The lowest BCUT2D eigenvalue weighted by atomic mass is 9.75. The van der Waals surface area contributed by atoms with E-state index in [1.165, 1.54) is 0 Å². The Morgan fingerprint density at radius 2 is 1.85 bits per heavy atom. The molecule has 2 saturated heterocycles. The van der Waals surface area contributed by atoms with Gasteiger partial charge in [0.15, 0.2) is 0 Å². The van der Waals surface area contributed by atoms with Crippen molar-refractivity contribution in [2.45, 2.75) is 46.0 Å². The molecule has 5 nitrogen and oxygen atoms in total. The minimum absolute atomic E-state index is 0.102. The van der Waals surface area contributed by atoms with E-state index in [-0.39, 0.29) is 6.03 Å². The van der Waals surface area contributed by atoms with E-state index in [0.717, 1.165) is 25.9 Å². The molecule has 0 aromatic heterocycles. The van der Waals surface area contributed by atoms with Crippen molar-refractivity contribution < 1.29 is 14.7 Å². The molecule has 1 unspecified atom stereocenters. The highest BCUT2D eigenvalue weighted by Crippen LogP contribution is 2.37. The molecule has 5 heteroatoms. The largest absolute Gasteiger partial charge is 0.481 e. The Balaban J connectivity index is 1.93. The zero-order chi connectivity index (χ0) is 14.8. The smallest absolute Gasteiger partial charge is 0.320 e. The topological polar surface area (TPSA) is 60.9 Å². The molecular formula is C15H26N2O3. The summed E-state index contributed by atoms with van der Waals surface area (Å²) in [5.41, 5.74) is -0.607. The van der Waals surface area contributed by atoms with Gasteiger partial charge in [-0.05, 0) is 31.6 Å². The molecule has 2 rings (SSSR count). The summed E-state index contributed by atoms with van der Waals surface area (Å²) in [5.74, 6) is -0.108. The summed E-state index contributed by atoms with van der Waals surface area (Å²) >= 11 is 0. The number of nitrogens with zero attached hydrogens (tertiary/aromatic N) is 2. The standard InChI is InChI=1S/C15H26N2O3/c1-3-5-15(13(18)19)6-9-16(10-7-15)14(20)17-8-4-12(2)11-17/h12H,3-11H2,1-2H3,(H,18,19). The third-order valence-corrected chi connectivity index (χ3v) is 4.87. The fraction of sp³-hybridized carbons (Fsp3) is 0.867. The van der Waals surface area contributed by atoms with Gasteiger partial charge in [0.05, 0.1) is 5.41 Å². The normalized spacial score (nSPS) is 25.8. The van der Waals surface area contributed by atoms with Crippen molar-refractivity contribution in [2.24, 2.45) is 11.3 Å². The number of likely N-dealkylation sites (tertiary alicyclic amines) is 2. The van der Waals surface area contributed by atoms with Crippen molar-refractivity contribution >= 4 is 12.0 Å². The van der Waals surface area contributed by atoms with Gasteiger partial charge in [0.1, 0.15) is 0 Å². The monoisotopic (exact) mass is 282 g/mol. The summed E-state index contributed by atoms with van der Waals surface area (Å²) in [6.07, 6.45) is 3.85. The van der Waals surface area contributed by atoms with Crippen LogP contribution in [0.3, 0.4) is 0 Å². The number of hydrogen-bond donors (Lipinski definition) is 1. The first kappa shape index (κ1) is 15.1. The van der Waals surface area contributed by atoms with Crippen LogP contribution in [0, 0.1) is 11.3 Å². The van der Waals surface area contributed by atoms with Crippen molar-refractivity contribution in [2.75, 3.05) is 26.2 Å². The van der Waals surface area contributed by atoms with Crippen molar-refractivity contribution in [1.29, 1.82) is 0 Å². The van der Waals surface area contributed by atoms with E-state index in [2.05, 4.69) is 6.92 Å². The molecule has 0 aromatic carbocycles. The highest BCUT2D eigenvalue weighted by atomic mass is 16.4. The van der Waals surface area contributed by atoms with Gasteiger partial charge < -0.3 is 14.9 Å². The zero-order valence-corrected chi connectivity index (χ0v) is 12.6. The molecule has 2 heterocycles. The molecule has 2 amide bonds. The first-order valence-electron chi connectivity index (χ1n) is 7.76. The van der Waals surface area contributed by atoms with E-state index in [4.69, 9.17) is 0 Å². The van der Waals surface area contributed by atoms with Crippen molar-refractivity contribution in [3.05, 3.63) is 0 Å². The fourth-order valence-electron chi connectivity index (χ4n) is 3.48. The number of carboxylic acid groups (broad SMARTS) is 1. The Morgan fingerprint density at radius 1 is 1.20 bits per heavy atom. The van der Waals surface area contributed by atoms with Crippen molar-refractivity contribution in [1.82, 2.24) is 9.80 Å². The van der Waals surface area contributed by atoms with Crippen LogP contribution in [0.15, 0.2) is 0 Å². The van der Waals surface area contributed by atoms with Crippen LogP contribution in [0.2, 0.25) is 0 Å². The number of hydrogen-bond acceptors (Lipinski definition) is 2. The summed E-state index contributed by atoms with van der Waals surface area (Å²) in [6, 6.07) is 0.102. The molecule has 1 atom stereocenters. The van der Waals surface area contributed by atoms with E-state index < -0.39 is 11.4 Å². The van der Waals surface area contributed by atoms with E-state index in [9.17, 15) is 14.7 Å². The molecule has 0 radical (unpaired) electrons. The molecular weight excluding hydrogens is 256 g/mol. The van der Waals surface area contributed by atoms with E-state index in [0.29, 0.717) is 38.3 Å². The molecule has 0 aliphatic carbocycles. The Hall–Kier alpha value is -1.26. The lowest BCUT2D eigenvalue weighted by Crippen LogP contribution is -2.50. The molecule has 20 heavy (non-hydrogen) atoms. The highest BCUT2D eigenvalue weighted by Gasteiger charge is 2.42. The summed E-state index contributed by atoms with van der Waals surface area (Å²) in [5, 5.41) is 9.48. The van der Waals surface area contributed by atoms with Gasteiger partial charge in [-0.15, -0.1) is 0 Å². The molecule has 0 aromatic rings. The number of carboxylic acids is 1. The van der Waals surface area contributed by atoms with Gasteiger partial charge in [0.2, 0.25) is 0 Å². The third-order valence-electron chi connectivity index (χ3n) is 4.87.